The summed E-state index contributed by atoms with van der Waals surface area (Å²) in [6.45, 7) is 3.49. The van der Waals surface area contributed by atoms with E-state index in [1.54, 1.807) is 7.11 Å². The lowest BCUT2D eigenvalue weighted by molar-refractivity contribution is 0.338. The summed E-state index contributed by atoms with van der Waals surface area (Å²) >= 11 is 3.56. The zero-order valence-corrected chi connectivity index (χ0v) is 16.3. The molecule has 3 aromatic rings. The van der Waals surface area contributed by atoms with E-state index in [4.69, 9.17) is 14.6 Å². The molecule has 5 nitrogen and oxygen atoms in total. The molecular weight excluding hydrogens is 394 g/mol. The number of hydrogen-bond donors (Lipinski definition) is 1. The largest absolute Gasteiger partial charge is 0.496 e. The first-order valence-corrected chi connectivity index (χ1v) is 9.44. The van der Waals surface area contributed by atoms with Crippen LogP contribution in [0.2, 0.25) is 0 Å². The number of aromatic nitrogens is 2. The average molecular weight is 414 g/mol. The molecule has 1 aliphatic rings. The van der Waals surface area contributed by atoms with Crippen molar-refractivity contribution in [3.8, 4) is 28.4 Å². The van der Waals surface area contributed by atoms with Crippen LogP contribution in [0.1, 0.15) is 12.5 Å². The molecular formula is C20H20BrN3O2. The van der Waals surface area contributed by atoms with Gasteiger partial charge in [0, 0.05) is 22.1 Å². The van der Waals surface area contributed by atoms with Gasteiger partial charge in [0.25, 0.3) is 0 Å². The van der Waals surface area contributed by atoms with E-state index < -0.39 is 0 Å². The Bertz CT molecular complexity index is 952. The van der Waals surface area contributed by atoms with Gasteiger partial charge in [0.1, 0.15) is 28.7 Å². The summed E-state index contributed by atoms with van der Waals surface area (Å²) in [5, 5.41) is 8.41. The molecule has 0 saturated carbocycles. The van der Waals surface area contributed by atoms with Gasteiger partial charge >= 0.3 is 0 Å². The molecule has 4 rings (SSSR count). The van der Waals surface area contributed by atoms with Gasteiger partial charge in [-0.05, 0) is 43.7 Å². The Hall–Kier alpha value is -2.47. The van der Waals surface area contributed by atoms with Crippen molar-refractivity contribution in [2.75, 3.05) is 25.6 Å². The van der Waals surface area contributed by atoms with Gasteiger partial charge in [0.2, 0.25) is 0 Å². The van der Waals surface area contributed by atoms with Crippen LogP contribution in [0, 0.1) is 0 Å². The highest BCUT2D eigenvalue weighted by molar-refractivity contribution is 9.10. The van der Waals surface area contributed by atoms with E-state index in [-0.39, 0.29) is 0 Å². The number of nitrogens with one attached hydrogen (secondary N) is 1. The number of para-hydroxylation sites is 2. The van der Waals surface area contributed by atoms with Gasteiger partial charge in [-0.3, -0.25) is 0 Å². The van der Waals surface area contributed by atoms with Crippen molar-refractivity contribution in [2.45, 2.75) is 13.3 Å². The van der Waals surface area contributed by atoms with E-state index in [0.29, 0.717) is 6.61 Å². The van der Waals surface area contributed by atoms with E-state index in [1.165, 1.54) is 5.56 Å². The molecule has 0 aliphatic carbocycles. The summed E-state index contributed by atoms with van der Waals surface area (Å²) < 4.78 is 14.3. The summed E-state index contributed by atoms with van der Waals surface area (Å²) in [4.78, 5) is 0. The molecule has 0 bridgehead atoms. The number of anilines is 1. The highest BCUT2D eigenvalue weighted by Gasteiger charge is 2.26. The van der Waals surface area contributed by atoms with Crippen molar-refractivity contribution in [3.05, 3.63) is 52.5 Å². The van der Waals surface area contributed by atoms with E-state index >= 15 is 0 Å². The maximum absolute atomic E-state index is 5.81. The van der Waals surface area contributed by atoms with E-state index in [9.17, 15) is 0 Å². The summed E-state index contributed by atoms with van der Waals surface area (Å²) in [7, 11) is 1.69. The smallest absolute Gasteiger partial charge is 0.145 e. The van der Waals surface area contributed by atoms with E-state index in [1.807, 2.05) is 48.0 Å². The van der Waals surface area contributed by atoms with Crippen molar-refractivity contribution in [1.29, 1.82) is 0 Å². The van der Waals surface area contributed by atoms with Crippen LogP contribution in [0.5, 0.6) is 11.5 Å². The monoisotopic (exact) mass is 413 g/mol. The predicted molar refractivity (Wildman–Crippen MR) is 107 cm³/mol. The van der Waals surface area contributed by atoms with Crippen LogP contribution in [0.15, 0.2) is 46.9 Å². The number of ether oxygens (including phenoxy) is 2. The minimum atomic E-state index is 0.611. The first-order valence-electron chi connectivity index (χ1n) is 8.64. The van der Waals surface area contributed by atoms with Crippen LogP contribution in [-0.4, -0.2) is 30.0 Å². The molecule has 0 amide bonds. The summed E-state index contributed by atoms with van der Waals surface area (Å²) in [6, 6.07) is 14.0. The van der Waals surface area contributed by atoms with Gasteiger partial charge in [-0.15, -0.1) is 0 Å². The van der Waals surface area contributed by atoms with E-state index in [0.717, 1.165) is 51.7 Å². The first-order chi connectivity index (χ1) is 12.7. The fraction of sp³-hybridized carbons (Fsp3) is 0.250. The second-order valence-corrected chi connectivity index (χ2v) is 6.93. The van der Waals surface area contributed by atoms with Crippen molar-refractivity contribution in [1.82, 2.24) is 9.78 Å². The van der Waals surface area contributed by atoms with Gasteiger partial charge in [0.15, 0.2) is 0 Å². The predicted octanol–water partition coefficient (Wildman–Crippen LogP) is 4.68. The van der Waals surface area contributed by atoms with Crippen LogP contribution in [0.4, 0.5) is 5.82 Å². The Morgan fingerprint density at radius 2 is 2.04 bits per heavy atom. The summed E-state index contributed by atoms with van der Waals surface area (Å²) in [5.74, 6) is 2.65. The fourth-order valence-corrected chi connectivity index (χ4v) is 3.70. The Morgan fingerprint density at radius 3 is 2.85 bits per heavy atom. The standard InChI is InChI=1S/C20H20BrN3O2/c1-3-26-18-7-5-4-6-16(18)24-20-14(10-11-22-20)19(23-24)15-12-13(21)8-9-17(15)25-2/h4-9,12,22H,3,10-11H2,1-2H3. The third-order valence-corrected chi connectivity index (χ3v) is 4.95. The lowest BCUT2D eigenvalue weighted by atomic mass is 10.1. The molecule has 0 atom stereocenters. The van der Waals surface area contributed by atoms with Crippen LogP contribution in [0.3, 0.4) is 0 Å². The van der Waals surface area contributed by atoms with Crippen LogP contribution < -0.4 is 14.8 Å². The zero-order valence-electron chi connectivity index (χ0n) is 14.8. The van der Waals surface area contributed by atoms with Crippen molar-refractivity contribution >= 4 is 21.7 Å². The average Bonchev–Trinajstić information content (AvgIpc) is 3.25. The lowest BCUT2D eigenvalue weighted by Gasteiger charge is -2.12. The highest BCUT2D eigenvalue weighted by atomic mass is 79.9. The molecule has 0 radical (unpaired) electrons. The topological polar surface area (TPSA) is 48.3 Å². The molecule has 0 fully saturated rings. The Balaban J connectivity index is 1.91. The highest BCUT2D eigenvalue weighted by Crippen LogP contribution is 2.40. The number of fused-ring (bicyclic) bond motifs is 1. The Kier molecular flexibility index (Phi) is 4.59. The lowest BCUT2D eigenvalue weighted by Crippen LogP contribution is -2.06. The molecule has 1 N–H and O–H groups in total. The molecule has 0 spiro atoms. The number of methoxy groups -OCH3 is 1. The SMILES string of the molecule is CCOc1ccccc1-n1nc(-c2cc(Br)ccc2OC)c2c1NCC2. The molecule has 6 heteroatoms. The van der Waals surface area contributed by atoms with Crippen molar-refractivity contribution in [3.63, 3.8) is 0 Å². The van der Waals surface area contributed by atoms with Gasteiger partial charge in [-0.25, -0.2) is 4.68 Å². The first kappa shape index (κ1) is 17.0. The van der Waals surface area contributed by atoms with Crippen molar-refractivity contribution < 1.29 is 9.47 Å². The third-order valence-electron chi connectivity index (χ3n) is 4.46. The van der Waals surface area contributed by atoms with Crippen LogP contribution in [-0.2, 0) is 6.42 Å². The molecule has 1 aromatic heterocycles. The molecule has 1 aliphatic heterocycles. The Labute approximate surface area is 161 Å². The summed E-state index contributed by atoms with van der Waals surface area (Å²) in [6.07, 6.45) is 0.928. The van der Waals surface area contributed by atoms with Crippen molar-refractivity contribution in [2.24, 2.45) is 0 Å². The fourth-order valence-electron chi connectivity index (χ4n) is 3.34. The molecule has 0 saturated heterocycles. The van der Waals surface area contributed by atoms with Gasteiger partial charge < -0.3 is 14.8 Å². The normalized spacial score (nSPS) is 12.6. The van der Waals surface area contributed by atoms with Crippen LogP contribution in [0.25, 0.3) is 16.9 Å². The molecule has 0 unspecified atom stereocenters. The maximum atomic E-state index is 5.81. The minimum Gasteiger partial charge on any atom is -0.496 e. The molecule has 26 heavy (non-hydrogen) atoms. The van der Waals surface area contributed by atoms with Crippen LogP contribution >= 0.6 is 15.9 Å². The second kappa shape index (κ2) is 7.03. The maximum Gasteiger partial charge on any atom is 0.145 e. The minimum absolute atomic E-state index is 0.611. The number of halogens is 1. The quantitative estimate of drug-likeness (QED) is 0.659. The zero-order chi connectivity index (χ0) is 18.1. The van der Waals surface area contributed by atoms with E-state index in [2.05, 4.69) is 27.3 Å². The molecule has 134 valence electrons. The van der Waals surface area contributed by atoms with Gasteiger partial charge in [-0.2, -0.15) is 5.10 Å². The number of hydrogen-bond acceptors (Lipinski definition) is 4. The molecule has 2 heterocycles. The number of nitrogens with zero attached hydrogens (tertiary/aromatic N) is 2. The molecule has 2 aromatic carbocycles. The second-order valence-electron chi connectivity index (χ2n) is 6.01. The van der Waals surface area contributed by atoms with Gasteiger partial charge in [-0.1, -0.05) is 28.1 Å². The Morgan fingerprint density at radius 1 is 1.19 bits per heavy atom. The number of benzene rings is 2. The number of rotatable bonds is 5. The summed E-state index contributed by atoms with van der Waals surface area (Å²) in [5.41, 5.74) is 4.05. The van der Waals surface area contributed by atoms with Gasteiger partial charge in [0.05, 0.1) is 13.7 Å². The third kappa shape index (κ3) is 2.84.